The predicted octanol–water partition coefficient (Wildman–Crippen LogP) is 3.70. The van der Waals surface area contributed by atoms with E-state index < -0.39 is 11.7 Å². The molecule has 1 fully saturated rings. The molecule has 1 aromatic heterocycles. The van der Waals surface area contributed by atoms with Crippen molar-refractivity contribution >= 4 is 17.5 Å². The van der Waals surface area contributed by atoms with Crippen LogP contribution < -0.4 is 4.74 Å². The molecule has 3 aromatic rings. The van der Waals surface area contributed by atoms with Gasteiger partial charge in [-0.3, -0.25) is 4.79 Å². The van der Waals surface area contributed by atoms with Crippen LogP contribution in [0.25, 0.3) is 0 Å². The van der Waals surface area contributed by atoms with Gasteiger partial charge < -0.3 is 14.2 Å². The van der Waals surface area contributed by atoms with Crippen LogP contribution in [0, 0.1) is 5.82 Å². The van der Waals surface area contributed by atoms with Gasteiger partial charge in [-0.15, -0.1) is 0 Å². The zero-order chi connectivity index (χ0) is 19.7. The second-order valence-electron chi connectivity index (χ2n) is 6.54. The summed E-state index contributed by atoms with van der Waals surface area (Å²) in [6.45, 7) is 0.750. The maximum atomic E-state index is 13.9. The molecule has 4 rings (SSSR count). The lowest BCUT2D eigenvalue weighted by Crippen LogP contribution is -2.48. The first kappa shape index (κ1) is 18.4. The number of rotatable bonds is 5. The summed E-state index contributed by atoms with van der Waals surface area (Å²) in [6.07, 6.45) is 0.480. The first-order valence-electron chi connectivity index (χ1n) is 8.74. The number of amides is 1. The van der Waals surface area contributed by atoms with E-state index in [-0.39, 0.29) is 16.5 Å². The number of methoxy groups -OCH3 is 1. The Morgan fingerprint density at radius 2 is 2.07 bits per heavy atom. The first-order chi connectivity index (χ1) is 13.6. The van der Waals surface area contributed by atoms with Crippen molar-refractivity contribution < 1.29 is 18.4 Å². The number of hydrogen-bond donors (Lipinski definition) is 0. The van der Waals surface area contributed by atoms with Crippen LogP contribution in [0.15, 0.2) is 47.0 Å². The molecule has 1 aliphatic rings. The number of benzene rings is 2. The fourth-order valence-corrected chi connectivity index (χ4v) is 3.43. The number of aromatic nitrogens is 2. The smallest absolute Gasteiger partial charge is 0.258 e. The van der Waals surface area contributed by atoms with Gasteiger partial charge in [-0.2, -0.15) is 4.98 Å². The Morgan fingerprint density at radius 3 is 2.82 bits per heavy atom. The summed E-state index contributed by atoms with van der Waals surface area (Å²) in [5.74, 6) is 0.630. The van der Waals surface area contributed by atoms with Gasteiger partial charge in [0.15, 0.2) is 5.82 Å². The van der Waals surface area contributed by atoms with Gasteiger partial charge in [0.2, 0.25) is 5.89 Å². The molecule has 144 valence electrons. The second kappa shape index (κ2) is 7.59. The van der Waals surface area contributed by atoms with E-state index in [0.717, 1.165) is 11.3 Å². The molecule has 0 N–H and O–H groups in total. The Labute approximate surface area is 165 Å². The third-order valence-corrected chi connectivity index (χ3v) is 5.03. The Hall–Kier alpha value is -2.93. The molecule has 1 saturated heterocycles. The summed E-state index contributed by atoms with van der Waals surface area (Å²) in [6, 6.07) is 11.8. The molecule has 0 aliphatic carbocycles. The average molecular weight is 402 g/mol. The molecule has 1 aliphatic heterocycles. The summed E-state index contributed by atoms with van der Waals surface area (Å²) in [7, 11) is 1.61. The lowest BCUT2D eigenvalue weighted by atomic mass is 9.98. The van der Waals surface area contributed by atoms with E-state index in [0.29, 0.717) is 31.2 Å². The van der Waals surface area contributed by atoms with Crippen molar-refractivity contribution in [3.8, 4) is 5.75 Å². The highest BCUT2D eigenvalue weighted by Crippen LogP contribution is 2.30. The summed E-state index contributed by atoms with van der Waals surface area (Å²) in [5, 5.41) is 4.12. The molecule has 0 spiro atoms. The van der Waals surface area contributed by atoms with E-state index in [1.807, 2.05) is 24.3 Å². The minimum Gasteiger partial charge on any atom is -0.496 e. The predicted molar refractivity (Wildman–Crippen MR) is 100 cm³/mol. The Morgan fingerprint density at radius 1 is 1.29 bits per heavy atom. The number of likely N-dealkylation sites (tertiary alicyclic amines) is 1. The molecule has 0 bridgehead atoms. The zero-order valence-corrected chi connectivity index (χ0v) is 15.8. The number of halogens is 2. The van der Waals surface area contributed by atoms with Crippen molar-refractivity contribution in [1.82, 2.24) is 15.0 Å². The van der Waals surface area contributed by atoms with E-state index in [2.05, 4.69) is 10.1 Å². The van der Waals surface area contributed by atoms with Gasteiger partial charge in [0.05, 0.1) is 23.6 Å². The standard InChI is InChI=1S/C20H17ClFN3O3/c1-27-16-8-3-2-5-12(16)9-17-23-19(28-24-17)13-10-25(11-13)20(26)18-14(21)6-4-7-15(18)22/h2-8,13H,9-11H2,1H3. The third-order valence-electron chi connectivity index (χ3n) is 4.72. The molecule has 2 aromatic carbocycles. The Kier molecular flexibility index (Phi) is 5.00. The van der Waals surface area contributed by atoms with E-state index in [4.69, 9.17) is 20.9 Å². The number of carbonyl (C=O) groups is 1. The highest BCUT2D eigenvalue weighted by molar-refractivity contribution is 6.33. The van der Waals surface area contributed by atoms with Crippen molar-refractivity contribution in [1.29, 1.82) is 0 Å². The fourth-order valence-electron chi connectivity index (χ4n) is 3.19. The van der Waals surface area contributed by atoms with E-state index in [9.17, 15) is 9.18 Å². The molecule has 0 unspecified atom stereocenters. The monoisotopic (exact) mass is 401 g/mol. The highest BCUT2D eigenvalue weighted by atomic mass is 35.5. The third kappa shape index (κ3) is 3.45. The Bertz CT molecular complexity index is 997. The number of hydrogen-bond acceptors (Lipinski definition) is 5. The minimum atomic E-state index is -0.627. The second-order valence-corrected chi connectivity index (χ2v) is 6.95. The maximum Gasteiger partial charge on any atom is 0.258 e. The topological polar surface area (TPSA) is 68.5 Å². The van der Waals surface area contributed by atoms with E-state index >= 15 is 0 Å². The van der Waals surface area contributed by atoms with Crippen LogP contribution in [0.5, 0.6) is 5.75 Å². The fraction of sp³-hybridized carbons (Fsp3) is 0.250. The normalized spacial score (nSPS) is 14.0. The number of nitrogens with zero attached hydrogens (tertiary/aromatic N) is 3. The van der Waals surface area contributed by atoms with Crippen LogP contribution in [-0.4, -0.2) is 41.1 Å². The van der Waals surface area contributed by atoms with Crippen LogP contribution in [0.3, 0.4) is 0 Å². The lowest BCUT2D eigenvalue weighted by Gasteiger charge is -2.37. The zero-order valence-electron chi connectivity index (χ0n) is 15.1. The molecule has 0 radical (unpaired) electrons. The lowest BCUT2D eigenvalue weighted by molar-refractivity contribution is 0.0564. The Balaban J connectivity index is 1.41. The molecule has 2 heterocycles. The SMILES string of the molecule is COc1ccccc1Cc1noc(C2CN(C(=O)c3c(F)cccc3Cl)C2)n1. The quantitative estimate of drug-likeness (QED) is 0.652. The number of para-hydroxylation sites is 1. The van der Waals surface area contributed by atoms with Crippen LogP contribution in [0.1, 0.15) is 33.6 Å². The van der Waals surface area contributed by atoms with Crippen LogP contribution in [0.4, 0.5) is 4.39 Å². The average Bonchev–Trinajstić information content (AvgIpc) is 3.09. The molecule has 8 heteroatoms. The van der Waals surface area contributed by atoms with Gasteiger partial charge in [-0.1, -0.05) is 41.0 Å². The van der Waals surface area contributed by atoms with Crippen molar-refractivity contribution in [3.05, 3.63) is 76.1 Å². The van der Waals surface area contributed by atoms with Gasteiger partial charge >= 0.3 is 0 Å². The first-order valence-corrected chi connectivity index (χ1v) is 9.12. The molecule has 0 atom stereocenters. The maximum absolute atomic E-state index is 13.9. The van der Waals surface area contributed by atoms with Gasteiger partial charge in [-0.05, 0) is 18.2 Å². The van der Waals surface area contributed by atoms with Crippen molar-refractivity contribution in [2.75, 3.05) is 20.2 Å². The minimum absolute atomic E-state index is 0.0755. The van der Waals surface area contributed by atoms with Gasteiger partial charge in [0.1, 0.15) is 11.6 Å². The summed E-state index contributed by atoms with van der Waals surface area (Å²) < 4.78 is 24.6. The number of ether oxygens (including phenoxy) is 1. The molecule has 1 amide bonds. The molecule has 28 heavy (non-hydrogen) atoms. The van der Waals surface area contributed by atoms with Crippen molar-refractivity contribution in [2.24, 2.45) is 0 Å². The van der Waals surface area contributed by atoms with Gasteiger partial charge in [0.25, 0.3) is 5.91 Å². The molecular formula is C20H17ClFN3O3. The molecule has 6 nitrogen and oxygen atoms in total. The van der Waals surface area contributed by atoms with E-state index in [1.54, 1.807) is 7.11 Å². The molecular weight excluding hydrogens is 385 g/mol. The van der Waals surface area contributed by atoms with Crippen molar-refractivity contribution in [3.63, 3.8) is 0 Å². The van der Waals surface area contributed by atoms with Gasteiger partial charge in [-0.25, -0.2) is 4.39 Å². The van der Waals surface area contributed by atoms with Crippen molar-refractivity contribution in [2.45, 2.75) is 12.3 Å². The summed E-state index contributed by atoms with van der Waals surface area (Å²) in [4.78, 5) is 18.4. The van der Waals surface area contributed by atoms with Gasteiger partial charge in [0, 0.05) is 25.1 Å². The largest absolute Gasteiger partial charge is 0.496 e. The number of carbonyl (C=O) groups excluding carboxylic acids is 1. The summed E-state index contributed by atoms with van der Waals surface area (Å²) in [5.41, 5.74) is 0.849. The van der Waals surface area contributed by atoms with Crippen LogP contribution >= 0.6 is 11.6 Å². The summed E-state index contributed by atoms with van der Waals surface area (Å²) >= 11 is 5.97. The van der Waals surface area contributed by atoms with Crippen LogP contribution in [-0.2, 0) is 6.42 Å². The van der Waals surface area contributed by atoms with Crippen LogP contribution in [0.2, 0.25) is 5.02 Å². The van der Waals surface area contributed by atoms with E-state index in [1.165, 1.54) is 23.1 Å². The molecule has 0 saturated carbocycles. The highest BCUT2D eigenvalue weighted by Gasteiger charge is 2.37.